The van der Waals surface area contributed by atoms with Crippen LogP contribution in [0.15, 0.2) is 91.0 Å². The Morgan fingerprint density at radius 1 is 0.706 bits per heavy atom. The number of benzene rings is 4. The number of rotatable bonds is 4. The molecule has 2 aliphatic carbocycles. The summed E-state index contributed by atoms with van der Waals surface area (Å²) in [5.74, 6) is 0.305. The number of hydrogen-bond acceptors (Lipinski definition) is 0. The Morgan fingerprint density at radius 2 is 1.41 bits per heavy atom. The second-order valence-corrected chi connectivity index (χ2v) is 9.53. The zero-order valence-electron chi connectivity index (χ0n) is 19.8. The first-order valence-electron chi connectivity index (χ1n) is 12.1. The van der Waals surface area contributed by atoms with Gasteiger partial charge in [-0.2, -0.15) is 0 Å². The van der Waals surface area contributed by atoms with Gasteiger partial charge in [-0.3, -0.25) is 0 Å². The molecule has 0 aliphatic heterocycles. The molecule has 4 aromatic carbocycles. The van der Waals surface area contributed by atoms with Crippen LogP contribution < -0.4 is 0 Å². The van der Waals surface area contributed by atoms with Crippen LogP contribution in [0.5, 0.6) is 0 Å². The highest BCUT2D eigenvalue weighted by Gasteiger charge is 2.24. The van der Waals surface area contributed by atoms with Gasteiger partial charge in [0.25, 0.3) is 0 Å². The average Bonchev–Trinajstić information content (AvgIpc) is 2.87. The van der Waals surface area contributed by atoms with Crippen molar-refractivity contribution in [2.24, 2.45) is 5.92 Å². The van der Waals surface area contributed by atoms with Crippen LogP contribution in [-0.2, 0) is 6.42 Å². The van der Waals surface area contributed by atoms with Crippen molar-refractivity contribution in [3.05, 3.63) is 136 Å². The maximum absolute atomic E-state index is 2.44. The van der Waals surface area contributed by atoms with Crippen LogP contribution >= 0.6 is 0 Å². The smallest absolute Gasteiger partial charge is 0.0208 e. The highest BCUT2D eigenvalue weighted by molar-refractivity contribution is 6.06. The van der Waals surface area contributed by atoms with Crippen molar-refractivity contribution in [1.29, 1.82) is 0 Å². The van der Waals surface area contributed by atoms with E-state index in [1.165, 1.54) is 60.9 Å². The Balaban J connectivity index is 1.40. The Kier molecular flexibility index (Phi) is 5.15. The van der Waals surface area contributed by atoms with Gasteiger partial charge in [-0.05, 0) is 70.0 Å². The summed E-state index contributed by atoms with van der Waals surface area (Å²) in [4.78, 5) is 0. The summed E-state index contributed by atoms with van der Waals surface area (Å²) in [6.07, 6.45) is 17.2. The van der Waals surface area contributed by atoms with Crippen LogP contribution in [0.25, 0.3) is 40.6 Å². The van der Waals surface area contributed by atoms with Gasteiger partial charge in [-0.15, -0.1) is 0 Å². The first kappa shape index (κ1) is 20.7. The van der Waals surface area contributed by atoms with Crippen LogP contribution in [0.2, 0.25) is 0 Å². The van der Waals surface area contributed by atoms with E-state index in [2.05, 4.69) is 129 Å². The Hall–Kier alpha value is -3.90. The lowest BCUT2D eigenvalue weighted by atomic mass is 9.76. The minimum absolute atomic E-state index is 0.305. The van der Waals surface area contributed by atoms with Crippen molar-refractivity contribution >= 4 is 40.6 Å². The van der Waals surface area contributed by atoms with Gasteiger partial charge in [-0.1, -0.05) is 126 Å². The van der Waals surface area contributed by atoms with Gasteiger partial charge in [0.2, 0.25) is 0 Å². The van der Waals surface area contributed by atoms with Crippen LogP contribution in [0.4, 0.5) is 0 Å². The molecule has 0 bridgehead atoms. The molecule has 0 spiro atoms. The van der Waals surface area contributed by atoms with Crippen molar-refractivity contribution in [2.75, 3.05) is 0 Å². The first-order valence-corrected chi connectivity index (χ1v) is 12.1. The molecule has 0 radical (unpaired) electrons. The van der Waals surface area contributed by atoms with E-state index in [0.29, 0.717) is 5.92 Å². The number of aryl methyl sites for hydroxylation is 2. The molecule has 0 nitrogen and oxygen atoms in total. The molecule has 1 atom stereocenters. The van der Waals surface area contributed by atoms with E-state index in [1.807, 2.05) is 0 Å². The molecule has 0 aromatic heterocycles. The Bertz CT molecular complexity index is 1500. The average molecular weight is 437 g/mol. The summed E-state index contributed by atoms with van der Waals surface area (Å²) in [5.41, 5.74) is 12.0. The zero-order valence-corrected chi connectivity index (χ0v) is 19.8. The van der Waals surface area contributed by atoms with Crippen molar-refractivity contribution < 1.29 is 0 Å². The van der Waals surface area contributed by atoms with E-state index in [1.54, 1.807) is 0 Å². The maximum atomic E-state index is 2.44. The minimum Gasteiger partial charge on any atom is -0.0753 e. The van der Waals surface area contributed by atoms with Gasteiger partial charge in [0, 0.05) is 5.92 Å². The van der Waals surface area contributed by atoms with E-state index in [0.717, 1.165) is 6.42 Å². The van der Waals surface area contributed by atoms with Gasteiger partial charge < -0.3 is 0 Å². The van der Waals surface area contributed by atoms with E-state index in [9.17, 15) is 0 Å². The maximum Gasteiger partial charge on any atom is 0.0208 e. The molecule has 0 heteroatoms. The highest BCUT2D eigenvalue weighted by atomic mass is 14.3. The summed E-state index contributed by atoms with van der Waals surface area (Å²) in [7, 11) is 0. The van der Waals surface area contributed by atoms with Crippen molar-refractivity contribution in [2.45, 2.75) is 20.3 Å². The van der Waals surface area contributed by atoms with Crippen LogP contribution in [-0.4, -0.2) is 0 Å². The quantitative estimate of drug-likeness (QED) is 0.280. The third-order valence-corrected chi connectivity index (χ3v) is 7.11. The van der Waals surface area contributed by atoms with Crippen LogP contribution in [0.3, 0.4) is 0 Å². The van der Waals surface area contributed by atoms with Gasteiger partial charge in [0.1, 0.15) is 0 Å². The second-order valence-electron chi connectivity index (χ2n) is 9.53. The van der Waals surface area contributed by atoms with E-state index < -0.39 is 0 Å². The lowest BCUT2D eigenvalue weighted by Gasteiger charge is -2.28. The van der Waals surface area contributed by atoms with Gasteiger partial charge in [0.05, 0.1) is 0 Å². The summed E-state index contributed by atoms with van der Waals surface area (Å²) in [6.45, 7) is 4.26. The largest absolute Gasteiger partial charge is 0.0753 e. The van der Waals surface area contributed by atoms with Gasteiger partial charge >= 0.3 is 0 Å². The van der Waals surface area contributed by atoms with E-state index >= 15 is 0 Å². The molecule has 2 aliphatic rings. The molecule has 0 amide bonds. The topological polar surface area (TPSA) is 0 Å². The van der Waals surface area contributed by atoms with Crippen molar-refractivity contribution in [3.63, 3.8) is 0 Å². The van der Waals surface area contributed by atoms with Gasteiger partial charge in [-0.25, -0.2) is 0 Å². The molecule has 34 heavy (non-hydrogen) atoms. The second kappa shape index (κ2) is 8.47. The molecular weight excluding hydrogens is 408 g/mol. The Morgan fingerprint density at radius 3 is 2.15 bits per heavy atom. The van der Waals surface area contributed by atoms with Gasteiger partial charge in [0.15, 0.2) is 0 Å². The SMILES string of the molecule is Cc1ccc(C=Cc2ccc3c4c5c(ccc24)C=CC(C=Cc2ccc(C)cc2)C5=CC3)cc1. The molecule has 1 unspecified atom stereocenters. The fourth-order valence-electron chi connectivity index (χ4n) is 5.18. The van der Waals surface area contributed by atoms with Crippen molar-refractivity contribution in [1.82, 2.24) is 0 Å². The molecule has 0 N–H and O–H groups in total. The van der Waals surface area contributed by atoms with Crippen molar-refractivity contribution in [3.8, 4) is 0 Å². The molecule has 4 aromatic rings. The molecule has 0 heterocycles. The first-order chi connectivity index (χ1) is 16.7. The van der Waals surface area contributed by atoms with Crippen LogP contribution in [0, 0.1) is 19.8 Å². The Labute approximate surface area is 202 Å². The normalized spacial score (nSPS) is 16.5. The molecule has 6 rings (SSSR count). The fraction of sp³-hybridized carbons (Fsp3) is 0.118. The number of allylic oxidation sites excluding steroid dienone is 4. The third kappa shape index (κ3) is 3.76. The van der Waals surface area contributed by atoms with Crippen LogP contribution in [0.1, 0.15) is 44.5 Å². The molecule has 164 valence electrons. The summed E-state index contributed by atoms with van der Waals surface area (Å²) in [5, 5.41) is 2.78. The summed E-state index contributed by atoms with van der Waals surface area (Å²) in [6, 6.07) is 26.7. The van der Waals surface area contributed by atoms with E-state index in [-0.39, 0.29) is 0 Å². The lowest BCUT2D eigenvalue weighted by Crippen LogP contribution is -2.10. The third-order valence-electron chi connectivity index (χ3n) is 7.11. The lowest BCUT2D eigenvalue weighted by molar-refractivity contribution is 1.07. The minimum atomic E-state index is 0.305. The standard InChI is InChI=1S/C34H28/c1-23-3-7-25(8-4-23)11-13-27-15-17-29-20-22-32-28(14-12-26-9-5-24(2)6-10-26)16-18-30-19-21-31(27)33(29)34(30)32/h3-19,21-22,28H,20H2,1-2H3. The molecular formula is C34H28. The molecule has 0 saturated heterocycles. The summed E-state index contributed by atoms with van der Waals surface area (Å²) >= 11 is 0. The fourth-order valence-corrected chi connectivity index (χ4v) is 5.18. The predicted octanol–water partition coefficient (Wildman–Crippen LogP) is 8.92. The summed E-state index contributed by atoms with van der Waals surface area (Å²) < 4.78 is 0. The zero-order chi connectivity index (χ0) is 23.1. The number of hydrogen-bond donors (Lipinski definition) is 0. The monoisotopic (exact) mass is 436 g/mol. The van der Waals surface area contributed by atoms with E-state index in [4.69, 9.17) is 0 Å². The highest BCUT2D eigenvalue weighted by Crippen LogP contribution is 2.44. The predicted molar refractivity (Wildman–Crippen MR) is 148 cm³/mol. The molecule has 0 fully saturated rings. The molecule has 0 saturated carbocycles.